The molecule has 2 atom stereocenters. The Balaban J connectivity index is 2.02. The van der Waals surface area contributed by atoms with E-state index in [-0.39, 0.29) is 19.8 Å². The van der Waals surface area contributed by atoms with Crippen LogP contribution < -0.4 is 5.32 Å². The van der Waals surface area contributed by atoms with E-state index in [1.807, 2.05) is 30.3 Å². The van der Waals surface area contributed by atoms with Crippen LogP contribution in [0.3, 0.4) is 0 Å². The Kier molecular flexibility index (Phi) is 7.25. The van der Waals surface area contributed by atoms with E-state index in [4.69, 9.17) is 14.2 Å². The molecule has 1 fully saturated rings. The van der Waals surface area contributed by atoms with Gasteiger partial charge in [0.1, 0.15) is 12.2 Å². The molecule has 0 spiro atoms. The second kappa shape index (κ2) is 9.43. The van der Waals surface area contributed by atoms with Crippen LogP contribution in [0, 0.1) is 0 Å². The molecule has 1 aliphatic heterocycles. The highest BCUT2D eigenvalue weighted by Crippen LogP contribution is 2.23. The van der Waals surface area contributed by atoms with Gasteiger partial charge in [0, 0.05) is 6.54 Å². The molecule has 0 bridgehead atoms. The first-order valence-electron chi connectivity index (χ1n) is 9.34. The fraction of sp³-hybridized carbons (Fsp3) is 0.550. The zero-order chi connectivity index (χ0) is 20.7. The van der Waals surface area contributed by atoms with E-state index in [2.05, 4.69) is 5.32 Å². The van der Waals surface area contributed by atoms with Crippen LogP contribution in [0.1, 0.15) is 39.7 Å². The first kappa shape index (κ1) is 21.5. The number of carbonyl (C=O) groups excluding carboxylic acids is 3. The van der Waals surface area contributed by atoms with Gasteiger partial charge in [-0.1, -0.05) is 30.3 Å². The zero-order valence-corrected chi connectivity index (χ0v) is 16.8. The van der Waals surface area contributed by atoms with Crippen LogP contribution in [-0.2, 0) is 25.6 Å². The van der Waals surface area contributed by atoms with Crippen molar-refractivity contribution in [3.05, 3.63) is 35.9 Å². The molecular weight excluding hydrogens is 364 g/mol. The SMILES string of the molecule is CCOC(=O)[C@@H]1[C@H](NC(=O)OCc2ccccc2)CCN1C(=O)OC(C)(C)C. The van der Waals surface area contributed by atoms with Gasteiger partial charge in [-0.15, -0.1) is 0 Å². The van der Waals surface area contributed by atoms with Crippen molar-refractivity contribution in [1.82, 2.24) is 10.2 Å². The molecule has 28 heavy (non-hydrogen) atoms. The maximum absolute atomic E-state index is 12.5. The number of nitrogens with zero attached hydrogens (tertiary/aromatic N) is 1. The number of nitrogens with one attached hydrogen (secondary N) is 1. The standard InChI is InChI=1S/C20H28N2O6/c1-5-26-17(23)16-15(11-12-22(16)19(25)28-20(2,3)4)21-18(24)27-13-14-9-7-6-8-10-14/h6-10,15-16H,5,11-13H2,1-4H3,(H,21,24)/t15-,16+/m1/s1. The van der Waals surface area contributed by atoms with Crippen LogP contribution >= 0.6 is 0 Å². The first-order chi connectivity index (χ1) is 13.2. The summed E-state index contributed by atoms with van der Waals surface area (Å²) >= 11 is 0. The maximum atomic E-state index is 12.5. The fourth-order valence-corrected chi connectivity index (χ4v) is 2.90. The molecule has 1 N–H and O–H groups in total. The highest BCUT2D eigenvalue weighted by molar-refractivity contribution is 5.84. The van der Waals surface area contributed by atoms with Gasteiger partial charge >= 0.3 is 18.2 Å². The van der Waals surface area contributed by atoms with Crippen LogP contribution in [0.2, 0.25) is 0 Å². The normalized spacial score (nSPS) is 19.1. The first-order valence-corrected chi connectivity index (χ1v) is 9.34. The Labute approximate surface area is 165 Å². The minimum absolute atomic E-state index is 0.110. The molecule has 0 aliphatic carbocycles. The number of ether oxygens (including phenoxy) is 3. The van der Waals surface area contributed by atoms with Crippen LogP contribution in [0.5, 0.6) is 0 Å². The number of esters is 1. The molecule has 0 aromatic heterocycles. The molecule has 8 nitrogen and oxygen atoms in total. The average Bonchev–Trinajstić information content (AvgIpc) is 3.03. The molecule has 2 rings (SSSR count). The van der Waals surface area contributed by atoms with E-state index < -0.39 is 35.8 Å². The molecule has 8 heteroatoms. The summed E-state index contributed by atoms with van der Waals surface area (Å²) in [6, 6.07) is 7.68. The number of rotatable bonds is 5. The van der Waals surface area contributed by atoms with Gasteiger partial charge in [-0.25, -0.2) is 14.4 Å². The van der Waals surface area contributed by atoms with E-state index in [0.29, 0.717) is 6.42 Å². The van der Waals surface area contributed by atoms with Crippen molar-refractivity contribution < 1.29 is 28.6 Å². The van der Waals surface area contributed by atoms with Gasteiger partial charge in [-0.2, -0.15) is 0 Å². The predicted molar refractivity (Wildman–Crippen MR) is 102 cm³/mol. The van der Waals surface area contributed by atoms with Crippen LogP contribution in [0.15, 0.2) is 30.3 Å². The Morgan fingerprint density at radius 3 is 2.43 bits per heavy atom. The Morgan fingerprint density at radius 2 is 1.82 bits per heavy atom. The van der Waals surface area contributed by atoms with E-state index >= 15 is 0 Å². The summed E-state index contributed by atoms with van der Waals surface area (Å²) < 4.78 is 15.7. The van der Waals surface area contributed by atoms with E-state index in [9.17, 15) is 14.4 Å². The zero-order valence-electron chi connectivity index (χ0n) is 16.8. The quantitative estimate of drug-likeness (QED) is 0.612. The molecule has 1 aromatic rings. The Morgan fingerprint density at radius 1 is 1.14 bits per heavy atom. The Hall–Kier alpha value is -2.77. The van der Waals surface area contributed by atoms with Gasteiger partial charge in [0.05, 0.1) is 12.6 Å². The summed E-state index contributed by atoms with van der Waals surface area (Å²) in [4.78, 5) is 38.4. The molecule has 1 saturated heterocycles. The predicted octanol–water partition coefficient (Wildman–Crippen LogP) is 2.85. The number of amides is 2. The summed E-state index contributed by atoms with van der Waals surface area (Å²) in [5, 5.41) is 2.67. The maximum Gasteiger partial charge on any atom is 0.411 e. The largest absolute Gasteiger partial charge is 0.464 e. The number of alkyl carbamates (subject to hydrolysis) is 1. The fourth-order valence-electron chi connectivity index (χ4n) is 2.90. The van der Waals surface area contributed by atoms with Crippen molar-refractivity contribution in [2.24, 2.45) is 0 Å². The summed E-state index contributed by atoms with van der Waals surface area (Å²) in [7, 11) is 0. The summed E-state index contributed by atoms with van der Waals surface area (Å²) in [5.41, 5.74) is 0.151. The molecule has 0 saturated carbocycles. The van der Waals surface area contributed by atoms with Crippen molar-refractivity contribution in [1.29, 1.82) is 0 Å². The molecule has 1 aliphatic rings. The summed E-state index contributed by atoms with van der Waals surface area (Å²) in [5.74, 6) is -0.584. The lowest BCUT2D eigenvalue weighted by Crippen LogP contribution is -2.52. The molecular formula is C20H28N2O6. The molecule has 1 heterocycles. The van der Waals surface area contributed by atoms with Gasteiger partial charge < -0.3 is 19.5 Å². The average molecular weight is 392 g/mol. The third-order valence-electron chi connectivity index (χ3n) is 4.07. The minimum Gasteiger partial charge on any atom is -0.464 e. The number of benzene rings is 1. The van der Waals surface area contributed by atoms with E-state index in [0.717, 1.165) is 5.56 Å². The molecule has 0 unspecified atom stereocenters. The second-order valence-corrected chi connectivity index (χ2v) is 7.47. The van der Waals surface area contributed by atoms with Gasteiger partial charge in [0.25, 0.3) is 0 Å². The van der Waals surface area contributed by atoms with Crippen molar-refractivity contribution in [2.75, 3.05) is 13.2 Å². The number of carbonyl (C=O) groups is 3. The third kappa shape index (κ3) is 6.14. The second-order valence-electron chi connectivity index (χ2n) is 7.47. The lowest BCUT2D eigenvalue weighted by Gasteiger charge is -2.29. The van der Waals surface area contributed by atoms with Gasteiger partial charge in [0.2, 0.25) is 0 Å². The van der Waals surface area contributed by atoms with Crippen LogP contribution in [0.4, 0.5) is 9.59 Å². The van der Waals surface area contributed by atoms with Crippen molar-refractivity contribution >= 4 is 18.2 Å². The van der Waals surface area contributed by atoms with Crippen molar-refractivity contribution in [2.45, 2.75) is 58.4 Å². The smallest absolute Gasteiger partial charge is 0.411 e. The molecule has 1 aromatic carbocycles. The van der Waals surface area contributed by atoms with E-state index in [1.54, 1.807) is 27.7 Å². The highest BCUT2D eigenvalue weighted by Gasteiger charge is 2.45. The topological polar surface area (TPSA) is 94.2 Å². The van der Waals surface area contributed by atoms with Crippen LogP contribution in [0.25, 0.3) is 0 Å². The lowest BCUT2D eigenvalue weighted by molar-refractivity contribution is -0.148. The molecule has 0 radical (unpaired) electrons. The lowest BCUT2D eigenvalue weighted by atomic mass is 10.1. The number of hydrogen-bond acceptors (Lipinski definition) is 6. The molecule has 154 valence electrons. The number of likely N-dealkylation sites (tertiary alicyclic amines) is 1. The van der Waals surface area contributed by atoms with Crippen molar-refractivity contribution in [3.8, 4) is 0 Å². The third-order valence-corrected chi connectivity index (χ3v) is 4.07. The minimum atomic E-state index is -0.959. The van der Waals surface area contributed by atoms with Crippen LogP contribution in [-0.4, -0.2) is 53.9 Å². The summed E-state index contributed by atoms with van der Waals surface area (Å²) in [6.45, 7) is 7.47. The van der Waals surface area contributed by atoms with E-state index in [1.165, 1.54) is 4.90 Å². The van der Waals surface area contributed by atoms with Gasteiger partial charge in [-0.05, 0) is 39.7 Å². The highest BCUT2D eigenvalue weighted by atomic mass is 16.6. The monoisotopic (exact) mass is 392 g/mol. The molecule has 2 amide bonds. The van der Waals surface area contributed by atoms with Crippen molar-refractivity contribution in [3.63, 3.8) is 0 Å². The summed E-state index contributed by atoms with van der Waals surface area (Å²) in [6.07, 6.45) is -0.884. The van der Waals surface area contributed by atoms with Gasteiger partial charge in [0.15, 0.2) is 6.04 Å². The Bertz CT molecular complexity index is 686. The van der Waals surface area contributed by atoms with Gasteiger partial charge in [-0.3, -0.25) is 4.90 Å². The number of hydrogen-bond donors (Lipinski definition) is 1.